The van der Waals surface area contributed by atoms with Crippen molar-refractivity contribution in [2.75, 3.05) is 26.2 Å². The Morgan fingerprint density at radius 2 is 1.22 bits per heavy atom. The summed E-state index contributed by atoms with van der Waals surface area (Å²) < 4.78 is 0. The Bertz CT molecular complexity index is 450. The molecule has 6 nitrogen and oxygen atoms in total. The van der Waals surface area contributed by atoms with Crippen molar-refractivity contribution < 1.29 is 19.3 Å². The van der Waals surface area contributed by atoms with Gasteiger partial charge in [0.15, 0.2) is 0 Å². The van der Waals surface area contributed by atoms with Crippen molar-refractivity contribution in [3.05, 3.63) is 35.4 Å². The Kier molecular flexibility index (Phi) is 2.73. The number of hydrogen-bond acceptors (Lipinski definition) is 6. The molecule has 0 bridgehead atoms. The SMILES string of the molecule is O=C(ON1CC1)c1ccccc1C(=O)ON1CC1. The first-order valence-corrected chi connectivity index (χ1v) is 5.77. The first-order chi connectivity index (χ1) is 8.74. The highest BCUT2D eigenvalue weighted by atomic mass is 16.7. The van der Waals surface area contributed by atoms with Gasteiger partial charge in [-0.2, -0.15) is 0 Å². The molecule has 0 spiro atoms. The van der Waals surface area contributed by atoms with Crippen molar-refractivity contribution >= 4 is 11.9 Å². The van der Waals surface area contributed by atoms with Crippen molar-refractivity contribution in [1.29, 1.82) is 0 Å². The summed E-state index contributed by atoms with van der Waals surface area (Å²) in [5.41, 5.74) is 0.465. The topological polar surface area (TPSA) is 58.6 Å². The third-order valence-electron chi connectivity index (χ3n) is 2.60. The van der Waals surface area contributed by atoms with Gasteiger partial charge in [-0.25, -0.2) is 9.59 Å². The average molecular weight is 248 g/mol. The van der Waals surface area contributed by atoms with Crippen LogP contribution in [0.5, 0.6) is 0 Å². The largest absolute Gasteiger partial charge is 0.364 e. The highest BCUT2D eigenvalue weighted by Gasteiger charge is 2.29. The molecular formula is C12H12N2O4. The molecule has 18 heavy (non-hydrogen) atoms. The fourth-order valence-electron chi connectivity index (χ4n) is 1.44. The van der Waals surface area contributed by atoms with Gasteiger partial charge < -0.3 is 9.68 Å². The first kappa shape index (κ1) is 11.2. The van der Waals surface area contributed by atoms with E-state index < -0.39 is 11.9 Å². The van der Waals surface area contributed by atoms with Crippen molar-refractivity contribution in [1.82, 2.24) is 10.1 Å². The molecule has 2 aliphatic rings. The van der Waals surface area contributed by atoms with Crippen LogP contribution in [0.3, 0.4) is 0 Å². The van der Waals surface area contributed by atoms with Crippen LogP contribution in [0.2, 0.25) is 0 Å². The Morgan fingerprint density at radius 3 is 1.56 bits per heavy atom. The molecule has 6 heteroatoms. The van der Waals surface area contributed by atoms with Crippen LogP contribution in [0.4, 0.5) is 0 Å². The van der Waals surface area contributed by atoms with Crippen LogP contribution < -0.4 is 0 Å². The molecule has 1 aromatic rings. The first-order valence-electron chi connectivity index (χ1n) is 5.77. The van der Waals surface area contributed by atoms with Gasteiger partial charge >= 0.3 is 11.9 Å². The molecule has 0 unspecified atom stereocenters. The summed E-state index contributed by atoms with van der Waals surface area (Å²) in [6.45, 7) is 2.97. The van der Waals surface area contributed by atoms with Crippen LogP contribution in [0.15, 0.2) is 24.3 Å². The second kappa shape index (κ2) is 4.40. The van der Waals surface area contributed by atoms with E-state index in [4.69, 9.17) is 9.68 Å². The molecule has 1 aromatic carbocycles. The minimum absolute atomic E-state index is 0.233. The van der Waals surface area contributed by atoms with E-state index >= 15 is 0 Å². The van der Waals surface area contributed by atoms with Gasteiger partial charge in [0.2, 0.25) is 0 Å². The Labute approximate surface area is 104 Å². The summed E-state index contributed by atoms with van der Waals surface area (Å²) >= 11 is 0. The smallest absolute Gasteiger partial charge is 0.357 e. The summed E-state index contributed by atoms with van der Waals surface area (Å²) in [6.07, 6.45) is 0. The lowest BCUT2D eigenvalue weighted by molar-refractivity contribution is -0.0326. The number of rotatable bonds is 4. The zero-order chi connectivity index (χ0) is 12.5. The van der Waals surface area contributed by atoms with Crippen LogP contribution in [-0.4, -0.2) is 48.2 Å². The average Bonchev–Trinajstić information content (AvgIpc) is 3.25. The molecular weight excluding hydrogens is 236 g/mol. The number of carbonyl (C=O) groups is 2. The number of carbonyl (C=O) groups excluding carboxylic acids is 2. The summed E-state index contributed by atoms with van der Waals surface area (Å²) in [7, 11) is 0. The molecule has 0 radical (unpaired) electrons. The quantitative estimate of drug-likeness (QED) is 0.721. The predicted molar refractivity (Wildman–Crippen MR) is 60.4 cm³/mol. The zero-order valence-corrected chi connectivity index (χ0v) is 9.67. The van der Waals surface area contributed by atoms with Gasteiger partial charge in [0.25, 0.3) is 0 Å². The van der Waals surface area contributed by atoms with Gasteiger partial charge in [-0.05, 0) is 12.1 Å². The number of hydrogen-bond donors (Lipinski definition) is 0. The fraction of sp³-hybridized carbons (Fsp3) is 0.333. The highest BCUT2D eigenvalue weighted by molar-refractivity contribution is 6.03. The maximum atomic E-state index is 11.8. The Balaban J connectivity index is 1.78. The third-order valence-corrected chi connectivity index (χ3v) is 2.60. The lowest BCUT2D eigenvalue weighted by atomic mass is 10.1. The van der Waals surface area contributed by atoms with Gasteiger partial charge in [-0.1, -0.05) is 12.1 Å². The van der Waals surface area contributed by atoms with E-state index in [1.165, 1.54) is 10.1 Å². The predicted octanol–water partition coefficient (Wildman–Crippen LogP) is 0.461. The van der Waals surface area contributed by atoms with Crippen molar-refractivity contribution in [3.8, 4) is 0 Å². The molecule has 0 aliphatic carbocycles. The lowest BCUT2D eigenvalue weighted by Crippen LogP contribution is -2.17. The second-order valence-electron chi connectivity index (χ2n) is 4.16. The summed E-state index contributed by atoms with van der Waals surface area (Å²) in [4.78, 5) is 33.7. The van der Waals surface area contributed by atoms with Gasteiger partial charge in [0.05, 0.1) is 37.3 Å². The maximum absolute atomic E-state index is 11.8. The van der Waals surface area contributed by atoms with E-state index in [1.807, 2.05) is 0 Å². The van der Waals surface area contributed by atoms with Crippen LogP contribution in [0, 0.1) is 0 Å². The second-order valence-corrected chi connectivity index (χ2v) is 4.16. The van der Waals surface area contributed by atoms with Crippen LogP contribution in [-0.2, 0) is 9.68 Å². The molecule has 0 aromatic heterocycles. The fourth-order valence-corrected chi connectivity index (χ4v) is 1.44. The molecule has 2 aliphatic heterocycles. The number of benzene rings is 1. The molecule has 0 amide bonds. The molecule has 0 N–H and O–H groups in total. The summed E-state index contributed by atoms with van der Waals surface area (Å²) in [5.74, 6) is -1.04. The van der Waals surface area contributed by atoms with Crippen molar-refractivity contribution in [2.24, 2.45) is 0 Å². The van der Waals surface area contributed by atoms with E-state index in [2.05, 4.69) is 0 Å². The zero-order valence-electron chi connectivity index (χ0n) is 9.67. The Morgan fingerprint density at radius 1 is 0.833 bits per heavy atom. The lowest BCUT2D eigenvalue weighted by Gasteiger charge is -2.08. The van der Waals surface area contributed by atoms with Crippen LogP contribution >= 0.6 is 0 Å². The van der Waals surface area contributed by atoms with Gasteiger partial charge in [-0.15, -0.1) is 10.1 Å². The van der Waals surface area contributed by atoms with Gasteiger partial charge in [-0.3, -0.25) is 0 Å². The van der Waals surface area contributed by atoms with E-state index in [0.29, 0.717) is 0 Å². The van der Waals surface area contributed by atoms with E-state index in [1.54, 1.807) is 24.3 Å². The summed E-state index contributed by atoms with van der Waals surface area (Å²) in [5, 5.41) is 3.05. The van der Waals surface area contributed by atoms with Crippen LogP contribution in [0.1, 0.15) is 20.7 Å². The molecule has 2 fully saturated rings. The number of hydroxylamine groups is 4. The monoisotopic (exact) mass is 248 g/mol. The third kappa shape index (κ3) is 2.49. The molecule has 2 saturated heterocycles. The van der Waals surface area contributed by atoms with Crippen molar-refractivity contribution in [2.45, 2.75) is 0 Å². The highest BCUT2D eigenvalue weighted by Crippen LogP contribution is 2.16. The summed E-state index contributed by atoms with van der Waals surface area (Å²) in [6, 6.07) is 6.50. The molecule has 2 heterocycles. The van der Waals surface area contributed by atoms with E-state index in [0.717, 1.165) is 26.2 Å². The molecule has 0 saturated carbocycles. The number of nitrogens with zero attached hydrogens (tertiary/aromatic N) is 2. The minimum Gasteiger partial charge on any atom is -0.364 e. The molecule has 94 valence electrons. The van der Waals surface area contributed by atoms with Gasteiger partial charge in [0.1, 0.15) is 0 Å². The van der Waals surface area contributed by atoms with E-state index in [-0.39, 0.29) is 11.1 Å². The Hall–Kier alpha value is -1.92. The van der Waals surface area contributed by atoms with Crippen molar-refractivity contribution in [3.63, 3.8) is 0 Å². The van der Waals surface area contributed by atoms with Crippen LogP contribution in [0.25, 0.3) is 0 Å². The standard InChI is InChI=1S/C12H12N2O4/c15-11(17-13-5-6-13)9-3-1-2-4-10(9)12(16)18-14-7-8-14/h1-4H,5-8H2. The minimum atomic E-state index is -0.522. The molecule has 3 rings (SSSR count). The van der Waals surface area contributed by atoms with Gasteiger partial charge in [0, 0.05) is 0 Å². The maximum Gasteiger partial charge on any atom is 0.357 e. The normalized spacial score (nSPS) is 18.2. The van der Waals surface area contributed by atoms with E-state index in [9.17, 15) is 9.59 Å². The molecule has 0 atom stereocenters.